The van der Waals surface area contributed by atoms with Gasteiger partial charge in [0.25, 0.3) is 0 Å². The molecule has 1 rings (SSSR count). The van der Waals surface area contributed by atoms with Crippen molar-refractivity contribution in [1.82, 2.24) is 4.37 Å². The van der Waals surface area contributed by atoms with Crippen LogP contribution in [0, 0.1) is 6.20 Å². The Morgan fingerprint density at radius 1 is 1.67 bits per heavy atom. The third-order valence-corrected chi connectivity index (χ3v) is 0.777. The number of nitrogens with zero attached hydrogens (tertiary/aromatic N) is 1. The van der Waals surface area contributed by atoms with Gasteiger partial charge in [-0.3, -0.25) is 0 Å². The van der Waals surface area contributed by atoms with E-state index < -0.39 is 0 Å². The Morgan fingerprint density at radius 2 is 2.50 bits per heavy atom. The fraction of sp³-hybridized carbons (Fsp3) is 0. The minimum atomic E-state index is 0. The van der Waals surface area contributed by atoms with Crippen LogP contribution in [0.3, 0.4) is 0 Å². The van der Waals surface area contributed by atoms with Crippen LogP contribution < -0.4 is 18.9 Å². The molecule has 0 radical (unpaired) electrons. The largest absolute Gasteiger partial charge is 1.00 e. The Morgan fingerprint density at radius 3 is 2.67 bits per heavy atom. The second-order valence-electron chi connectivity index (χ2n) is 0.629. The molecular formula is C3H2LiNS. The van der Waals surface area contributed by atoms with E-state index in [-0.39, 0.29) is 18.9 Å². The first-order chi connectivity index (χ1) is 2.50. The zero-order chi connectivity index (χ0) is 3.54. The van der Waals surface area contributed by atoms with E-state index in [4.69, 9.17) is 0 Å². The fourth-order valence-electron chi connectivity index (χ4n) is 0.152. The van der Waals surface area contributed by atoms with E-state index in [1.807, 2.05) is 5.38 Å². The Bertz CT molecular complexity index is 67.3. The molecule has 0 bridgehead atoms. The summed E-state index contributed by atoms with van der Waals surface area (Å²) in [6.45, 7) is 0. The Hall–Kier alpha value is 0.227. The van der Waals surface area contributed by atoms with Gasteiger partial charge in [-0.2, -0.15) is 11.5 Å². The number of hydrogen-bond donors (Lipinski definition) is 0. The topological polar surface area (TPSA) is 12.9 Å². The van der Waals surface area contributed by atoms with Gasteiger partial charge in [-0.05, 0) is 0 Å². The van der Waals surface area contributed by atoms with Gasteiger partial charge >= 0.3 is 18.9 Å². The van der Waals surface area contributed by atoms with Crippen molar-refractivity contribution in [3.05, 3.63) is 17.6 Å². The normalized spacial score (nSPS) is 6.67. The number of aromatic nitrogens is 1. The van der Waals surface area contributed by atoms with E-state index in [9.17, 15) is 0 Å². The van der Waals surface area contributed by atoms with Gasteiger partial charge in [-0.1, -0.05) is 0 Å². The van der Waals surface area contributed by atoms with Gasteiger partial charge in [0.2, 0.25) is 0 Å². The van der Waals surface area contributed by atoms with Gasteiger partial charge in [0.1, 0.15) is 0 Å². The molecule has 1 aromatic heterocycles. The summed E-state index contributed by atoms with van der Waals surface area (Å²) >= 11 is 1.41. The van der Waals surface area contributed by atoms with Crippen LogP contribution in [0.1, 0.15) is 0 Å². The van der Waals surface area contributed by atoms with Crippen LogP contribution in [0.15, 0.2) is 11.4 Å². The molecule has 0 N–H and O–H groups in total. The van der Waals surface area contributed by atoms with Crippen LogP contribution in [-0.2, 0) is 0 Å². The second kappa shape index (κ2) is 3.42. The summed E-state index contributed by atoms with van der Waals surface area (Å²) in [4.78, 5) is 0. The second-order valence-corrected chi connectivity index (χ2v) is 1.29. The minimum absolute atomic E-state index is 0. The molecule has 0 aromatic carbocycles. The molecule has 0 saturated carbocycles. The molecule has 1 aromatic rings. The molecule has 0 aliphatic heterocycles. The Labute approximate surface area is 52.7 Å². The average molecular weight is 91.1 g/mol. The molecule has 3 heteroatoms. The molecule has 0 atom stereocenters. The summed E-state index contributed by atoms with van der Waals surface area (Å²) in [6.07, 6.45) is 2.63. The molecule has 0 aliphatic rings. The predicted octanol–water partition coefficient (Wildman–Crippen LogP) is -2.05. The summed E-state index contributed by atoms with van der Waals surface area (Å²) in [7, 11) is 0. The Balaban J connectivity index is 0.000000250. The maximum atomic E-state index is 3.64. The van der Waals surface area contributed by atoms with E-state index in [2.05, 4.69) is 10.6 Å². The van der Waals surface area contributed by atoms with Crippen LogP contribution in [0.25, 0.3) is 0 Å². The van der Waals surface area contributed by atoms with Crippen LogP contribution in [-0.4, -0.2) is 4.37 Å². The molecule has 0 aliphatic carbocycles. The van der Waals surface area contributed by atoms with Crippen molar-refractivity contribution in [2.75, 3.05) is 0 Å². The standard InChI is InChI=1S/C3H2NS.Li/c1-2-4-5-3-1;/h1,3H;/q-1;+1. The molecule has 1 heterocycles. The van der Waals surface area contributed by atoms with Gasteiger partial charge in [0.05, 0.1) is 0 Å². The summed E-state index contributed by atoms with van der Waals surface area (Å²) in [5.41, 5.74) is 0. The number of hydrogen-bond acceptors (Lipinski definition) is 2. The molecular weight excluding hydrogens is 89.0 g/mol. The summed E-state index contributed by atoms with van der Waals surface area (Å²) in [5, 5.41) is 1.88. The Kier molecular flexibility index (Phi) is 3.55. The molecule has 0 fully saturated rings. The van der Waals surface area contributed by atoms with Crippen molar-refractivity contribution < 1.29 is 18.9 Å². The fourth-order valence-corrected chi connectivity index (χ4v) is 0.456. The van der Waals surface area contributed by atoms with E-state index in [0.29, 0.717) is 0 Å². The number of rotatable bonds is 0. The molecule has 1 nitrogen and oxygen atoms in total. The van der Waals surface area contributed by atoms with Gasteiger partial charge in [-0.25, -0.2) is 6.07 Å². The smallest absolute Gasteiger partial charge is 0.325 e. The van der Waals surface area contributed by atoms with E-state index >= 15 is 0 Å². The van der Waals surface area contributed by atoms with Crippen molar-refractivity contribution in [1.29, 1.82) is 0 Å². The SMILES string of the molecule is [Li+].[c-]1ccsn1. The van der Waals surface area contributed by atoms with Crippen molar-refractivity contribution in [2.24, 2.45) is 0 Å². The monoisotopic (exact) mass is 91.0 g/mol. The molecule has 0 amide bonds. The summed E-state index contributed by atoms with van der Waals surface area (Å²) < 4.78 is 3.64. The maximum absolute atomic E-state index is 3.64. The third kappa shape index (κ3) is 1.61. The molecule has 26 valence electrons. The molecule has 0 saturated heterocycles. The first-order valence-electron chi connectivity index (χ1n) is 1.26. The zero-order valence-corrected chi connectivity index (χ0v) is 4.33. The summed E-state index contributed by atoms with van der Waals surface area (Å²) in [6, 6.07) is 1.78. The van der Waals surface area contributed by atoms with Crippen LogP contribution >= 0.6 is 11.5 Å². The van der Waals surface area contributed by atoms with Crippen molar-refractivity contribution >= 4 is 11.5 Å². The van der Waals surface area contributed by atoms with Gasteiger partial charge < -0.3 is 4.37 Å². The summed E-state index contributed by atoms with van der Waals surface area (Å²) in [5.74, 6) is 0. The maximum Gasteiger partial charge on any atom is 1.00 e. The van der Waals surface area contributed by atoms with Crippen molar-refractivity contribution in [2.45, 2.75) is 0 Å². The van der Waals surface area contributed by atoms with E-state index in [0.717, 1.165) is 0 Å². The predicted molar refractivity (Wildman–Crippen MR) is 20.9 cm³/mol. The quantitative estimate of drug-likeness (QED) is 0.264. The van der Waals surface area contributed by atoms with Crippen LogP contribution in [0.5, 0.6) is 0 Å². The molecule has 0 spiro atoms. The molecule has 6 heavy (non-hydrogen) atoms. The molecule has 0 unspecified atom stereocenters. The van der Waals surface area contributed by atoms with E-state index in [1.54, 1.807) is 6.07 Å². The van der Waals surface area contributed by atoms with Crippen LogP contribution in [0.2, 0.25) is 0 Å². The van der Waals surface area contributed by atoms with Gasteiger partial charge in [0, 0.05) is 0 Å². The first-order valence-corrected chi connectivity index (χ1v) is 2.10. The zero-order valence-electron chi connectivity index (χ0n) is 3.51. The third-order valence-electron chi connectivity index (χ3n) is 0.309. The van der Waals surface area contributed by atoms with Gasteiger partial charge in [-0.15, -0.1) is 11.6 Å². The first kappa shape index (κ1) is 6.23. The minimum Gasteiger partial charge on any atom is -0.325 e. The van der Waals surface area contributed by atoms with Gasteiger partial charge in [0.15, 0.2) is 0 Å². The van der Waals surface area contributed by atoms with Crippen LogP contribution in [0.4, 0.5) is 0 Å². The van der Waals surface area contributed by atoms with Crippen molar-refractivity contribution in [3.63, 3.8) is 0 Å². The average Bonchev–Trinajstić information content (AvgIpc) is 1.76. The van der Waals surface area contributed by atoms with E-state index in [1.165, 1.54) is 11.5 Å². The van der Waals surface area contributed by atoms with Crippen molar-refractivity contribution in [3.8, 4) is 0 Å².